The molecule has 11 nitrogen and oxygen atoms in total. The molecule has 3 amide bonds. The van der Waals surface area contributed by atoms with E-state index in [1.807, 2.05) is 65.7 Å². The van der Waals surface area contributed by atoms with E-state index in [2.05, 4.69) is 20.9 Å². The second-order valence-electron chi connectivity index (χ2n) is 13.6. The normalized spacial score (nSPS) is 16.7. The minimum absolute atomic E-state index is 0.0580. The van der Waals surface area contributed by atoms with Gasteiger partial charge in [0, 0.05) is 70.2 Å². The Morgan fingerprint density at radius 1 is 0.960 bits per heavy atom. The molecular formula is C39H41N7O4. The van der Waals surface area contributed by atoms with Crippen LogP contribution in [0.5, 0.6) is 5.75 Å². The zero-order valence-electron chi connectivity index (χ0n) is 28.4. The summed E-state index contributed by atoms with van der Waals surface area (Å²) >= 11 is 0. The highest BCUT2D eigenvalue weighted by atomic mass is 16.5. The molecule has 3 aliphatic rings. The number of piperazine rings is 1. The van der Waals surface area contributed by atoms with Crippen molar-refractivity contribution in [3.05, 3.63) is 95.3 Å². The Balaban J connectivity index is 1.04. The smallest absolute Gasteiger partial charge is 0.319 e. The number of urea groups is 1. The molecule has 2 N–H and O–H groups in total. The molecule has 2 aromatic carbocycles. The maximum absolute atomic E-state index is 13.9. The van der Waals surface area contributed by atoms with E-state index >= 15 is 0 Å². The molecule has 0 radical (unpaired) electrons. The number of carbonyl (C=O) groups is 2. The Morgan fingerprint density at radius 2 is 1.80 bits per heavy atom. The van der Waals surface area contributed by atoms with Crippen molar-refractivity contribution in [2.24, 2.45) is 0 Å². The van der Waals surface area contributed by atoms with E-state index < -0.39 is 0 Å². The molecule has 0 spiro atoms. The number of nitrogens with one attached hydrogen (secondary N) is 1. The molecule has 2 aliphatic heterocycles. The van der Waals surface area contributed by atoms with Crippen LogP contribution < -0.4 is 9.64 Å². The molecule has 1 saturated heterocycles. The van der Waals surface area contributed by atoms with Crippen LogP contribution in [0.1, 0.15) is 45.8 Å². The standard InChI is InChI=1S/C39H41N7O4/c1-43(2)39(49)45-16-14-44(15-17-45)23-25-6-11-33(41-22-25)34-21-31-29(12-13-40-37(31)42-34)28-4-3-5-35(32(28)24-47)46-18-19-50-36-20-27(26-7-8-26)9-10-30(36)38(46)48/h3-6,9-13,20-22,26,47H,7-8,14-19,23-24H2,1-2H3,(H,40,42). The zero-order chi connectivity index (χ0) is 34.4. The first kappa shape index (κ1) is 32.0. The molecule has 1 aliphatic carbocycles. The summed E-state index contributed by atoms with van der Waals surface area (Å²) in [7, 11) is 3.57. The number of amides is 3. The number of rotatable bonds is 7. The number of carbonyl (C=O) groups excluding carboxylic acids is 2. The largest absolute Gasteiger partial charge is 0.491 e. The van der Waals surface area contributed by atoms with Crippen LogP contribution in [-0.4, -0.2) is 100 Å². The number of H-pyrrole nitrogens is 1. The molecule has 8 rings (SSSR count). The average Bonchev–Trinajstić information content (AvgIpc) is 3.93. The third-order valence-electron chi connectivity index (χ3n) is 10.1. The maximum atomic E-state index is 13.9. The van der Waals surface area contributed by atoms with Crippen LogP contribution in [0, 0.1) is 0 Å². The van der Waals surface area contributed by atoms with Crippen molar-refractivity contribution in [1.29, 1.82) is 0 Å². The lowest BCUT2D eigenvalue weighted by Gasteiger charge is -2.35. The highest BCUT2D eigenvalue weighted by molar-refractivity contribution is 6.09. The summed E-state index contributed by atoms with van der Waals surface area (Å²) in [5.74, 6) is 1.07. The molecule has 0 unspecified atom stereocenters. The van der Waals surface area contributed by atoms with Crippen LogP contribution >= 0.6 is 0 Å². The van der Waals surface area contributed by atoms with Gasteiger partial charge in [-0.05, 0) is 77.4 Å². The predicted octanol–water partition coefficient (Wildman–Crippen LogP) is 5.50. The molecule has 256 valence electrons. The first-order valence-corrected chi connectivity index (χ1v) is 17.3. The fraction of sp³-hybridized carbons (Fsp3) is 0.333. The van der Waals surface area contributed by atoms with Crippen molar-refractivity contribution in [3.63, 3.8) is 0 Å². The van der Waals surface area contributed by atoms with Crippen molar-refractivity contribution in [3.8, 4) is 28.3 Å². The molecule has 2 fully saturated rings. The lowest BCUT2D eigenvalue weighted by atomic mass is 9.96. The second-order valence-corrected chi connectivity index (χ2v) is 13.6. The average molecular weight is 672 g/mol. The Hall–Kier alpha value is -5.26. The molecule has 11 heteroatoms. The molecular weight excluding hydrogens is 630 g/mol. The minimum atomic E-state index is -0.241. The second kappa shape index (κ2) is 13.2. The highest BCUT2D eigenvalue weighted by Crippen LogP contribution is 2.43. The number of aromatic amines is 1. The van der Waals surface area contributed by atoms with Crippen LogP contribution in [0.4, 0.5) is 10.5 Å². The lowest BCUT2D eigenvalue weighted by molar-refractivity contribution is 0.0989. The van der Waals surface area contributed by atoms with Gasteiger partial charge in [0.05, 0.1) is 35.8 Å². The van der Waals surface area contributed by atoms with Gasteiger partial charge in [-0.15, -0.1) is 0 Å². The third-order valence-corrected chi connectivity index (χ3v) is 10.1. The number of hydrogen-bond acceptors (Lipinski definition) is 7. The SMILES string of the molecule is CN(C)C(=O)N1CCN(Cc2ccc(-c3cc4c(-c5cccc(N6CCOc7cc(C8CC8)ccc7C6=O)c5CO)ccnc4[nH]3)nc2)CC1. The van der Waals surface area contributed by atoms with Gasteiger partial charge in [-0.25, -0.2) is 9.78 Å². The first-order valence-electron chi connectivity index (χ1n) is 17.3. The lowest BCUT2D eigenvalue weighted by Crippen LogP contribution is -2.51. The van der Waals surface area contributed by atoms with Crippen molar-refractivity contribution in [2.75, 3.05) is 58.3 Å². The molecule has 0 atom stereocenters. The number of fused-ring (bicyclic) bond motifs is 2. The molecule has 50 heavy (non-hydrogen) atoms. The van der Waals surface area contributed by atoms with Gasteiger partial charge in [-0.1, -0.05) is 24.3 Å². The Bertz CT molecular complexity index is 2060. The topological polar surface area (TPSA) is 118 Å². The van der Waals surface area contributed by atoms with Crippen LogP contribution in [0.15, 0.2) is 73.1 Å². The third kappa shape index (κ3) is 6.07. The number of aliphatic hydroxyl groups excluding tert-OH is 1. The molecule has 5 heterocycles. The van der Waals surface area contributed by atoms with E-state index in [0.29, 0.717) is 60.4 Å². The summed E-state index contributed by atoms with van der Waals surface area (Å²) in [5, 5.41) is 11.7. The van der Waals surface area contributed by atoms with Gasteiger partial charge >= 0.3 is 6.03 Å². The summed E-state index contributed by atoms with van der Waals surface area (Å²) in [4.78, 5) is 46.7. The van der Waals surface area contributed by atoms with Gasteiger partial charge in [0.1, 0.15) is 18.0 Å². The quantitative estimate of drug-likeness (QED) is 0.235. The van der Waals surface area contributed by atoms with E-state index in [4.69, 9.17) is 9.72 Å². The van der Waals surface area contributed by atoms with E-state index in [-0.39, 0.29) is 18.5 Å². The number of hydrogen-bond donors (Lipinski definition) is 2. The van der Waals surface area contributed by atoms with E-state index in [0.717, 1.165) is 53.1 Å². The number of nitrogens with zero attached hydrogens (tertiary/aromatic N) is 6. The number of ether oxygens (including phenoxy) is 1. The number of benzene rings is 2. The van der Waals surface area contributed by atoms with E-state index in [1.165, 1.54) is 18.4 Å². The van der Waals surface area contributed by atoms with Crippen molar-refractivity contribution in [1.82, 2.24) is 29.7 Å². The molecule has 1 saturated carbocycles. The predicted molar refractivity (Wildman–Crippen MR) is 192 cm³/mol. The van der Waals surface area contributed by atoms with Crippen LogP contribution in [0.2, 0.25) is 0 Å². The van der Waals surface area contributed by atoms with E-state index in [1.54, 1.807) is 30.1 Å². The summed E-state index contributed by atoms with van der Waals surface area (Å²) in [6.07, 6.45) is 6.03. The van der Waals surface area contributed by atoms with Gasteiger partial charge in [-0.3, -0.25) is 14.7 Å². The zero-order valence-corrected chi connectivity index (χ0v) is 28.4. The van der Waals surface area contributed by atoms with Crippen molar-refractivity contribution in [2.45, 2.75) is 31.9 Å². The summed E-state index contributed by atoms with van der Waals surface area (Å²) in [5.41, 5.74) is 8.31. The van der Waals surface area contributed by atoms with Gasteiger partial charge < -0.3 is 29.5 Å². The fourth-order valence-corrected chi connectivity index (χ4v) is 7.19. The molecule has 5 aromatic rings. The Morgan fingerprint density at radius 3 is 2.54 bits per heavy atom. The Kier molecular flexibility index (Phi) is 8.45. The number of pyridine rings is 2. The maximum Gasteiger partial charge on any atom is 0.319 e. The van der Waals surface area contributed by atoms with Gasteiger partial charge in [-0.2, -0.15) is 0 Å². The van der Waals surface area contributed by atoms with Gasteiger partial charge in [0.15, 0.2) is 0 Å². The van der Waals surface area contributed by atoms with Crippen molar-refractivity contribution < 1.29 is 19.4 Å². The van der Waals surface area contributed by atoms with Gasteiger partial charge in [0.2, 0.25) is 0 Å². The monoisotopic (exact) mass is 671 g/mol. The summed E-state index contributed by atoms with van der Waals surface area (Å²) < 4.78 is 6.08. The van der Waals surface area contributed by atoms with E-state index in [9.17, 15) is 14.7 Å². The highest BCUT2D eigenvalue weighted by Gasteiger charge is 2.30. The van der Waals surface area contributed by atoms with Gasteiger partial charge in [0.25, 0.3) is 5.91 Å². The number of anilines is 1. The van der Waals surface area contributed by atoms with Crippen molar-refractivity contribution >= 4 is 28.7 Å². The van der Waals surface area contributed by atoms with Crippen LogP contribution in [0.3, 0.4) is 0 Å². The number of aliphatic hydroxyl groups is 1. The summed E-state index contributed by atoms with van der Waals surface area (Å²) in [6.45, 7) is 4.34. The van der Waals surface area contributed by atoms with Crippen LogP contribution in [0.25, 0.3) is 33.5 Å². The number of aromatic nitrogens is 3. The Labute approximate surface area is 291 Å². The van der Waals surface area contributed by atoms with Crippen LogP contribution in [-0.2, 0) is 13.2 Å². The molecule has 3 aromatic heterocycles. The fourth-order valence-electron chi connectivity index (χ4n) is 7.19. The summed E-state index contributed by atoms with van der Waals surface area (Å²) in [6, 6.07) is 19.9. The molecule has 0 bridgehead atoms. The minimum Gasteiger partial charge on any atom is -0.491 e. The first-order chi connectivity index (χ1) is 24.4.